The zero-order chi connectivity index (χ0) is 19.9. The van der Waals surface area contributed by atoms with Crippen LogP contribution in [0.2, 0.25) is 0 Å². The zero-order valence-electron chi connectivity index (χ0n) is 16.6. The van der Waals surface area contributed by atoms with E-state index in [0.29, 0.717) is 29.4 Å². The number of methoxy groups -OCH3 is 3. The minimum absolute atomic E-state index is 0.189. The fraction of sp³-hybridized carbons (Fsp3) is 0.409. The Balaban J connectivity index is 1.64. The van der Waals surface area contributed by atoms with Crippen LogP contribution in [-0.2, 0) is 6.54 Å². The van der Waals surface area contributed by atoms with Gasteiger partial charge in [0.1, 0.15) is 0 Å². The molecule has 1 N–H and O–H groups in total. The second-order valence-corrected chi connectivity index (χ2v) is 6.76. The number of ether oxygens (including phenoxy) is 4. The topological polar surface area (TPSA) is 66.0 Å². The van der Waals surface area contributed by atoms with Gasteiger partial charge in [0.15, 0.2) is 23.0 Å². The van der Waals surface area contributed by atoms with Gasteiger partial charge in [0, 0.05) is 12.1 Å². The molecule has 0 spiro atoms. The summed E-state index contributed by atoms with van der Waals surface area (Å²) >= 11 is 0. The highest BCUT2D eigenvalue weighted by Gasteiger charge is 2.18. The van der Waals surface area contributed by atoms with Gasteiger partial charge in [0.2, 0.25) is 0 Å². The normalized spacial score (nSPS) is 13.8. The van der Waals surface area contributed by atoms with Gasteiger partial charge in [0.05, 0.1) is 27.4 Å². The lowest BCUT2D eigenvalue weighted by Crippen LogP contribution is -2.22. The third-order valence-electron chi connectivity index (χ3n) is 4.92. The molecule has 150 valence electrons. The minimum Gasteiger partial charge on any atom is -0.493 e. The van der Waals surface area contributed by atoms with Crippen molar-refractivity contribution >= 4 is 5.91 Å². The number of nitrogens with one attached hydrogen (secondary N) is 1. The molecule has 2 aromatic rings. The van der Waals surface area contributed by atoms with E-state index in [1.54, 1.807) is 39.5 Å². The van der Waals surface area contributed by atoms with Crippen LogP contribution >= 0.6 is 0 Å². The molecular weight excluding hydrogens is 358 g/mol. The number of benzene rings is 2. The number of rotatable bonds is 8. The lowest BCUT2D eigenvalue weighted by Gasteiger charge is -2.17. The van der Waals surface area contributed by atoms with Crippen LogP contribution in [0.5, 0.6) is 23.0 Å². The molecule has 0 atom stereocenters. The molecule has 0 bridgehead atoms. The lowest BCUT2D eigenvalue weighted by atomic mass is 10.1. The molecule has 1 saturated carbocycles. The molecule has 1 amide bonds. The minimum atomic E-state index is -0.189. The molecule has 0 saturated heterocycles. The van der Waals surface area contributed by atoms with Crippen LogP contribution in [0.25, 0.3) is 0 Å². The molecule has 0 radical (unpaired) electrons. The fourth-order valence-electron chi connectivity index (χ4n) is 3.37. The van der Waals surface area contributed by atoms with E-state index in [1.165, 1.54) is 12.8 Å². The highest BCUT2D eigenvalue weighted by atomic mass is 16.5. The second-order valence-electron chi connectivity index (χ2n) is 6.76. The Bertz CT molecular complexity index is 815. The number of carbonyl (C=O) groups excluding carboxylic acids is 1. The molecule has 0 aliphatic heterocycles. The summed E-state index contributed by atoms with van der Waals surface area (Å²) in [4.78, 5) is 12.5. The van der Waals surface area contributed by atoms with Crippen LogP contribution in [0, 0.1) is 0 Å². The molecular formula is C22H27NO5. The molecule has 0 heterocycles. The maximum absolute atomic E-state index is 12.5. The van der Waals surface area contributed by atoms with Gasteiger partial charge in [-0.1, -0.05) is 6.07 Å². The van der Waals surface area contributed by atoms with Crippen molar-refractivity contribution in [1.82, 2.24) is 5.32 Å². The number of carbonyl (C=O) groups is 1. The Hall–Kier alpha value is -2.89. The van der Waals surface area contributed by atoms with Crippen LogP contribution < -0.4 is 24.3 Å². The van der Waals surface area contributed by atoms with Crippen LogP contribution in [0.15, 0.2) is 36.4 Å². The molecule has 28 heavy (non-hydrogen) atoms. The average molecular weight is 385 g/mol. The van der Waals surface area contributed by atoms with Crippen molar-refractivity contribution in [3.8, 4) is 23.0 Å². The van der Waals surface area contributed by atoms with Gasteiger partial charge in [-0.15, -0.1) is 0 Å². The largest absolute Gasteiger partial charge is 0.493 e. The summed E-state index contributed by atoms with van der Waals surface area (Å²) in [5.74, 6) is 2.35. The van der Waals surface area contributed by atoms with E-state index in [4.69, 9.17) is 18.9 Å². The molecule has 1 aliphatic rings. The van der Waals surface area contributed by atoms with Crippen LogP contribution in [0.1, 0.15) is 41.6 Å². The second kappa shape index (κ2) is 9.35. The van der Waals surface area contributed by atoms with Gasteiger partial charge >= 0.3 is 0 Å². The standard InChI is InChI=1S/C22H27NO5/c1-25-18-11-9-16(13-21(18)27-3)22(24)23-14-15-8-10-19(20(12-15)26-2)28-17-6-4-5-7-17/h8-13,17H,4-7,14H2,1-3H3,(H,23,24). The average Bonchev–Trinajstić information content (AvgIpc) is 3.25. The van der Waals surface area contributed by atoms with E-state index >= 15 is 0 Å². The van der Waals surface area contributed by atoms with E-state index in [0.717, 1.165) is 24.2 Å². The molecule has 2 aromatic carbocycles. The zero-order valence-corrected chi connectivity index (χ0v) is 16.6. The molecule has 0 aromatic heterocycles. The summed E-state index contributed by atoms with van der Waals surface area (Å²) in [5, 5.41) is 2.92. The van der Waals surface area contributed by atoms with E-state index < -0.39 is 0 Å². The Morgan fingerprint density at radius 3 is 2.21 bits per heavy atom. The third kappa shape index (κ3) is 4.68. The SMILES string of the molecule is COc1ccc(C(=O)NCc2ccc(OC3CCCC3)c(OC)c2)cc1OC. The van der Waals surface area contributed by atoms with Crippen LogP contribution in [0.4, 0.5) is 0 Å². The van der Waals surface area contributed by atoms with Crippen molar-refractivity contribution in [3.63, 3.8) is 0 Å². The first-order valence-electron chi connectivity index (χ1n) is 9.48. The first kappa shape index (κ1) is 19.9. The Kier molecular flexibility index (Phi) is 6.63. The molecule has 0 unspecified atom stereocenters. The van der Waals surface area contributed by atoms with Gasteiger partial charge < -0.3 is 24.3 Å². The lowest BCUT2D eigenvalue weighted by molar-refractivity contribution is 0.0950. The van der Waals surface area contributed by atoms with Crippen molar-refractivity contribution in [2.24, 2.45) is 0 Å². The van der Waals surface area contributed by atoms with Gasteiger partial charge in [-0.05, 0) is 61.6 Å². The molecule has 1 aliphatic carbocycles. The summed E-state index contributed by atoms with van der Waals surface area (Å²) in [7, 11) is 4.73. The fourth-order valence-corrected chi connectivity index (χ4v) is 3.37. The van der Waals surface area contributed by atoms with Crippen molar-refractivity contribution in [1.29, 1.82) is 0 Å². The van der Waals surface area contributed by atoms with Gasteiger partial charge in [0.25, 0.3) is 5.91 Å². The Labute approximate surface area is 165 Å². The van der Waals surface area contributed by atoms with E-state index in [9.17, 15) is 4.79 Å². The van der Waals surface area contributed by atoms with Crippen molar-refractivity contribution < 1.29 is 23.7 Å². The van der Waals surface area contributed by atoms with Crippen molar-refractivity contribution in [2.75, 3.05) is 21.3 Å². The maximum atomic E-state index is 12.5. The smallest absolute Gasteiger partial charge is 0.251 e. The highest BCUT2D eigenvalue weighted by Crippen LogP contribution is 2.32. The maximum Gasteiger partial charge on any atom is 0.251 e. The first-order chi connectivity index (χ1) is 13.6. The summed E-state index contributed by atoms with van der Waals surface area (Å²) in [6.45, 7) is 0.382. The van der Waals surface area contributed by atoms with Crippen LogP contribution in [-0.4, -0.2) is 33.3 Å². The van der Waals surface area contributed by atoms with Crippen molar-refractivity contribution in [2.45, 2.75) is 38.3 Å². The van der Waals surface area contributed by atoms with E-state index in [1.807, 2.05) is 18.2 Å². The van der Waals surface area contributed by atoms with Gasteiger partial charge in [-0.25, -0.2) is 0 Å². The number of amides is 1. The summed E-state index contributed by atoms with van der Waals surface area (Å²) in [5.41, 5.74) is 1.44. The van der Waals surface area contributed by atoms with E-state index in [2.05, 4.69) is 5.32 Å². The molecule has 1 fully saturated rings. The van der Waals surface area contributed by atoms with Gasteiger partial charge in [-0.2, -0.15) is 0 Å². The number of hydrogen-bond acceptors (Lipinski definition) is 5. The quantitative estimate of drug-likeness (QED) is 0.745. The summed E-state index contributed by atoms with van der Waals surface area (Å²) < 4.78 is 22.0. The highest BCUT2D eigenvalue weighted by molar-refractivity contribution is 5.94. The Morgan fingerprint density at radius 2 is 1.54 bits per heavy atom. The first-order valence-corrected chi connectivity index (χ1v) is 9.48. The van der Waals surface area contributed by atoms with Gasteiger partial charge in [-0.3, -0.25) is 4.79 Å². The predicted molar refractivity (Wildman–Crippen MR) is 107 cm³/mol. The summed E-state index contributed by atoms with van der Waals surface area (Å²) in [6, 6.07) is 10.8. The molecule has 3 rings (SSSR count). The monoisotopic (exact) mass is 385 g/mol. The molecule has 6 nitrogen and oxygen atoms in total. The van der Waals surface area contributed by atoms with Crippen LogP contribution in [0.3, 0.4) is 0 Å². The Morgan fingerprint density at radius 1 is 0.893 bits per heavy atom. The third-order valence-corrected chi connectivity index (χ3v) is 4.92. The number of hydrogen-bond donors (Lipinski definition) is 1. The molecule has 6 heteroatoms. The van der Waals surface area contributed by atoms with E-state index in [-0.39, 0.29) is 12.0 Å². The predicted octanol–water partition coefficient (Wildman–Crippen LogP) is 3.96. The van der Waals surface area contributed by atoms with Crippen molar-refractivity contribution in [3.05, 3.63) is 47.5 Å². The summed E-state index contributed by atoms with van der Waals surface area (Å²) in [6.07, 6.45) is 4.88.